The second-order valence-corrected chi connectivity index (χ2v) is 6.00. The normalized spacial score (nSPS) is 11.0. The van der Waals surface area contributed by atoms with Crippen LogP contribution in [0.3, 0.4) is 0 Å². The van der Waals surface area contributed by atoms with E-state index in [1.54, 1.807) is 11.3 Å². The van der Waals surface area contributed by atoms with E-state index in [4.69, 9.17) is 10.5 Å². The number of hydrogen-bond donors (Lipinski definition) is 1. The van der Waals surface area contributed by atoms with Crippen molar-refractivity contribution in [1.29, 1.82) is 0 Å². The molecule has 1 aromatic carbocycles. The molecule has 2 rings (SSSR count). The summed E-state index contributed by atoms with van der Waals surface area (Å²) in [6.07, 6.45) is 4.48. The predicted molar refractivity (Wildman–Crippen MR) is 89.5 cm³/mol. The van der Waals surface area contributed by atoms with Crippen LogP contribution >= 0.6 is 11.3 Å². The summed E-state index contributed by atoms with van der Waals surface area (Å²) in [6.45, 7) is 4.40. The van der Waals surface area contributed by atoms with Crippen LogP contribution in [-0.2, 0) is 17.8 Å². The minimum atomic E-state index is 0.650. The Kier molecular flexibility index (Phi) is 6.86. The first-order chi connectivity index (χ1) is 10.3. The van der Waals surface area contributed by atoms with Crippen molar-refractivity contribution in [2.45, 2.75) is 39.2 Å². The summed E-state index contributed by atoms with van der Waals surface area (Å²) in [4.78, 5) is 4.60. The van der Waals surface area contributed by atoms with Crippen molar-refractivity contribution >= 4 is 11.3 Å². The standard InChI is InChI=1S/C17H24N2OS/c1-2-3-4-11-20-12-14-5-7-15(8-6-14)17-19-16(9-10-18)13-21-17/h5-8,13H,2-4,9-12,18H2,1H3. The first kappa shape index (κ1) is 16.1. The number of nitrogens with two attached hydrogens (primary N) is 1. The summed E-state index contributed by atoms with van der Waals surface area (Å²) >= 11 is 1.68. The molecule has 0 fully saturated rings. The SMILES string of the molecule is CCCCCOCc1ccc(-c2nc(CCN)cs2)cc1. The molecule has 0 bridgehead atoms. The van der Waals surface area contributed by atoms with Crippen molar-refractivity contribution in [3.63, 3.8) is 0 Å². The van der Waals surface area contributed by atoms with Crippen LogP contribution in [0.2, 0.25) is 0 Å². The molecule has 2 aromatic rings. The van der Waals surface area contributed by atoms with Gasteiger partial charge in [-0.2, -0.15) is 0 Å². The van der Waals surface area contributed by atoms with Crippen molar-refractivity contribution in [2.75, 3.05) is 13.2 Å². The number of ether oxygens (including phenoxy) is 1. The Morgan fingerprint density at radius 1 is 1.19 bits per heavy atom. The second kappa shape index (κ2) is 8.93. The number of hydrogen-bond acceptors (Lipinski definition) is 4. The summed E-state index contributed by atoms with van der Waals surface area (Å²) in [6, 6.07) is 8.49. The van der Waals surface area contributed by atoms with Gasteiger partial charge in [-0.3, -0.25) is 0 Å². The Hall–Kier alpha value is -1.23. The maximum Gasteiger partial charge on any atom is 0.123 e. The third-order valence-corrected chi connectivity index (χ3v) is 4.25. The van der Waals surface area contributed by atoms with Crippen molar-refractivity contribution in [3.8, 4) is 10.6 Å². The zero-order chi connectivity index (χ0) is 14.9. The van der Waals surface area contributed by atoms with Gasteiger partial charge >= 0.3 is 0 Å². The first-order valence-corrected chi connectivity index (χ1v) is 8.53. The molecule has 0 unspecified atom stereocenters. The van der Waals surface area contributed by atoms with Crippen molar-refractivity contribution < 1.29 is 4.74 Å². The van der Waals surface area contributed by atoms with Crippen LogP contribution in [0.5, 0.6) is 0 Å². The summed E-state index contributed by atoms with van der Waals surface area (Å²) in [5.74, 6) is 0. The topological polar surface area (TPSA) is 48.1 Å². The van der Waals surface area contributed by atoms with E-state index in [0.717, 1.165) is 35.7 Å². The summed E-state index contributed by atoms with van der Waals surface area (Å²) in [5, 5.41) is 3.15. The highest BCUT2D eigenvalue weighted by atomic mass is 32.1. The van der Waals surface area contributed by atoms with E-state index < -0.39 is 0 Å². The van der Waals surface area contributed by atoms with E-state index in [1.165, 1.54) is 18.4 Å². The number of nitrogens with zero attached hydrogens (tertiary/aromatic N) is 1. The van der Waals surface area contributed by atoms with Gasteiger partial charge in [0.2, 0.25) is 0 Å². The Balaban J connectivity index is 1.86. The van der Waals surface area contributed by atoms with E-state index in [9.17, 15) is 0 Å². The molecular formula is C17H24N2OS. The smallest absolute Gasteiger partial charge is 0.123 e. The molecule has 0 spiro atoms. The molecule has 0 aliphatic rings. The highest BCUT2D eigenvalue weighted by Crippen LogP contribution is 2.24. The van der Waals surface area contributed by atoms with Gasteiger partial charge < -0.3 is 10.5 Å². The lowest BCUT2D eigenvalue weighted by atomic mass is 10.1. The number of benzene rings is 1. The van der Waals surface area contributed by atoms with Crippen LogP contribution < -0.4 is 5.73 Å². The average molecular weight is 304 g/mol. The van der Waals surface area contributed by atoms with Crippen LogP contribution in [-0.4, -0.2) is 18.1 Å². The van der Waals surface area contributed by atoms with Crippen molar-refractivity contribution in [1.82, 2.24) is 4.98 Å². The summed E-state index contributed by atoms with van der Waals surface area (Å²) < 4.78 is 5.68. The summed E-state index contributed by atoms with van der Waals surface area (Å²) in [7, 11) is 0. The van der Waals surface area contributed by atoms with Gasteiger partial charge in [0.1, 0.15) is 5.01 Å². The van der Waals surface area contributed by atoms with Gasteiger partial charge in [0.15, 0.2) is 0 Å². The van der Waals surface area contributed by atoms with Gasteiger partial charge in [-0.05, 0) is 18.5 Å². The Morgan fingerprint density at radius 3 is 2.71 bits per heavy atom. The fourth-order valence-electron chi connectivity index (χ4n) is 2.09. The quantitative estimate of drug-likeness (QED) is 0.712. The maximum absolute atomic E-state index is 5.68. The fourth-order valence-corrected chi connectivity index (χ4v) is 2.95. The molecule has 21 heavy (non-hydrogen) atoms. The third kappa shape index (κ3) is 5.23. The van der Waals surface area contributed by atoms with Gasteiger partial charge in [0.25, 0.3) is 0 Å². The molecule has 1 aromatic heterocycles. The molecule has 2 N–H and O–H groups in total. The lowest BCUT2D eigenvalue weighted by Crippen LogP contribution is -2.02. The molecule has 1 heterocycles. The molecule has 0 atom stereocenters. The average Bonchev–Trinajstić information content (AvgIpc) is 2.97. The molecule has 0 aliphatic heterocycles. The van der Waals surface area contributed by atoms with Crippen LogP contribution in [0, 0.1) is 0 Å². The zero-order valence-corrected chi connectivity index (χ0v) is 13.5. The molecular weight excluding hydrogens is 280 g/mol. The largest absolute Gasteiger partial charge is 0.377 e. The first-order valence-electron chi connectivity index (χ1n) is 7.65. The summed E-state index contributed by atoms with van der Waals surface area (Å²) in [5.41, 5.74) is 9.02. The highest BCUT2D eigenvalue weighted by Gasteiger charge is 2.04. The molecule has 0 radical (unpaired) electrons. The molecule has 0 aliphatic carbocycles. The third-order valence-electron chi connectivity index (χ3n) is 3.31. The Morgan fingerprint density at radius 2 is 2.00 bits per heavy atom. The fraction of sp³-hybridized carbons (Fsp3) is 0.471. The monoisotopic (exact) mass is 304 g/mol. The van der Waals surface area contributed by atoms with Gasteiger partial charge in [-0.15, -0.1) is 11.3 Å². The van der Waals surface area contributed by atoms with Gasteiger partial charge in [-0.1, -0.05) is 44.0 Å². The van der Waals surface area contributed by atoms with E-state index >= 15 is 0 Å². The van der Waals surface area contributed by atoms with Crippen LogP contribution in [0.25, 0.3) is 10.6 Å². The number of aromatic nitrogens is 1. The second-order valence-electron chi connectivity index (χ2n) is 5.14. The van der Waals surface area contributed by atoms with Crippen molar-refractivity contribution in [3.05, 3.63) is 40.9 Å². The van der Waals surface area contributed by atoms with Crippen LogP contribution in [0.4, 0.5) is 0 Å². The number of unbranched alkanes of at least 4 members (excludes halogenated alkanes) is 2. The minimum Gasteiger partial charge on any atom is -0.377 e. The lowest BCUT2D eigenvalue weighted by Gasteiger charge is -2.04. The highest BCUT2D eigenvalue weighted by molar-refractivity contribution is 7.13. The van der Waals surface area contributed by atoms with Gasteiger partial charge in [0, 0.05) is 24.0 Å². The van der Waals surface area contributed by atoms with E-state index in [2.05, 4.69) is 41.6 Å². The van der Waals surface area contributed by atoms with Gasteiger partial charge in [-0.25, -0.2) is 4.98 Å². The van der Waals surface area contributed by atoms with E-state index in [-0.39, 0.29) is 0 Å². The predicted octanol–water partition coefficient (Wildman–Crippen LogP) is 4.02. The maximum atomic E-state index is 5.68. The van der Waals surface area contributed by atoms with E-state index in [0.29, 0.717) is 13.2 Å². The zero-order valence-electron chi connectivity index (χ0n) is 12.7. The number of rotatable bonds is 9. The van der Waals surface area contributed by atoms with Crippen molar-refractivity contribution in [2.24, 2.45) is 5.73 Å². The molecule has 114 valence electrons. The molecule has 0 amide bonds. The molecule has 0 saturated carbocycles. The Labute approximate surface area is 131 Å². The van der Waals surface area contributed by atoms with Crippen LogP contribution in [0.1, 0.15) is 37.4 Å². The van der Waals surface area contributed by atoms with Crippen LogP contribution in [0.15, 0.2) is 29.6 Å². The van der Waals surface area contributed by atoms with E-state index in [1.807, 2.05) is 0 Å². The number of thiazole rings is 1. The minimum absolute atomic E-state index is 0.650. The van der Waals surface area contributed by atoms with Gasteiger partial charge in [0.05, 0.1) is 12.3 Å². The molecule has 3 nitrogen and oxygen atoms in total. The Bertz CT molecular complexity index is 522. The lowest BCUT2D eigenvalue weighted by molar-refractivity contribution is 0.117. The molecule has 4 heteroatoms. The molecule has 0 saturated heterocycles.